The van der Waals surface area contributed by atoms with Gasteiger partial charge in [-0.15, -0.1) is 0 Å². The Morgan fingerprint density at radius 1 is 1.30 bits per heavy atom. The Morgan fingerprint density at radius 2 is 1.95 bits per heavy atom. The Kier molecular flexibility index (Phi) is 3.24. The molecule has 2 rings (SSSR count). The van der Waals surface area contributed by atoms with Crippen molar-refractivity contribution >= 4 is 5.97 Å². The van der Waals surface area contributed by atoms with Crippen molar-refractivity contribution in [3.63, 3.8) is 0 Å². The van der Waals surface area contributed by atoms with E-state index in [9.17, 15) is 18.0 Å². The molecule has 1 N–H and O–H groups in total. The third-order valence-electron chi connectivity index (χ3n) is 2.82. The van der Waals surface area contributed by atoms with E-state index in [-0.39, 0.29) is 16.9 Å². The molecule has 20 heavy (non-hydrogen) atoms. The Bertz CT molecular complexity index is 677. The molecule has 0 aliphatic heterocycles. The third kappa shape index (κ3) is 2.36. The zero-order valence-electron chi connectivity index (χ0n) is 10.6. The maximum Gasteiger partial charge on any atom is 0.417 e. The molecule has 5 nitrogen and oxygen atoms in total. The molecule has 0 amide bonds. The minimum absolute atomic E-state index is 0.0221. The smallest absolute Gasteiger partial charge is 0.417 e. The van der Waals surface area contributed by atoms with Crippen molar-refractivity contribution in [1.82, 2.24) is 14.8 Å². The number of nitrogens with zero attached hydrogens (tertiary/aromatic N) is 3. The predicted molar refractivity (Wildman–Crippen MR) is 62.8 cm³/mol. The molecule has 0 bridgehead atoms. The summed E-state index contributed by atoms with van der Waals surface area (Å²) < 4.78 is 38.9. The molecule has 0 saturated carbocycles. The molecule has 0 atom stereocenters. The molecule has 0 fully saturated rings. The second kappa shape index (κ2) is 4.62. The molecule has 106 valence electrons. The molecule has 2 heterocycles. The lowest BCUT2D eigenvalue weighted by atomic mass is 10.2. The number of alkyl halides is 3. The van der Waals surface area contributed by atoms with E-state index in [2.05, 4.69) is 10.1 Å². The fraction of sp³-hybridized carbons (Fsp3) is 0.250. The molecule has 8 heteroatoms. The van der Waals surface area contributed by atoms with Gasteiger partial charge in [0.1, 0.15) is 5.56 Å². The van der Waals surface area contributed by atoms with E-state index < -0.39 is 17.7 Å². The van der Waals surface area contributed by atoms with Gasteiger partial charge in [-0.25, -0.2) is 14.5 Å². The Labute approximate surface area is 111 Å². The van der Waals surface area contributed by atoms with Gasteiger partial charge in [-0.05, 0) is 25.5 Å². The summed E-state index contributed by atoms with van der Waals surface area (Å²) in [6, 6.07) is 0.948. The van der Waals surface area contributed by atoms with Crippen LogP contribution < -0.4 is 0 Å². The lowest BCUT2D eigenvalue weighted by Gasteiger charge is -2.11. The molecule has 0 saturated heterocycles. The van der Waals surface area contributed by atoms with E-state index in [0.717, 1.165) is 12.3 Å². The largest absolute Gasteiger partial charge is 0.478 e. The van der Waals surface area contributed by atoms with Gasteiger partial charge in [0.25, 0.3) is 0 Å². The number of carboxylic acids is 1. The monoisotopic (exact) mass is 285 g/mol. The summed E-state index contributed by atoms with van der Waals surface area (Å²) in [5.41, 5.74) is -0.330. The first kappa shape index (κ1) is 14.0. The van der Waals surface area contributed by atoms with Crippen LogP contribution in [0.4, 0.5) is 13.2 Å². The number of aryl methyl sites for hydroxylation is 1. The molecule has 0 aliphatic carbocycles. The fourth-order valence-electron chi connectivity index (χ4n) is 1.78. The summed E-state index contributed by atoms with van der Waals surface area (Å²) in [5.74, 6) is -0.985. The lowest BCUT2D eigenvalue weighted by Crippen LogP contribution is -2.10. The number of hydrogen-bond acceptors (Lipinski definition) is 3. The molecular weight excluding hydrogens is 275 g/mol. The van der Waals surface area contributed by atoms with Gasteiger partial charge < -0.3 is 5.11 Å². The van der Waals surface area contributed by atoms with E-state index in [1.807, 2.05) is 0 Å². The van der Waals surface area contributed by atoms with Crippen LogP contribution in [0, 0.1) is 13.8 Å². The van der Waals surface area contributed by atoms with Crippen molar-refractivity contribution in [3.8, 4) is 5.82 Å². The second-order valence-electron chi connectivity index (χ2n) is 4.22. The van der Waals surface area contributed by atoms with Gasteiger partial charge >= 0.3 is 12.1 Å². The van der Waals surface area contributed by atoms with Gasteiger partial charge in [-0.3, -0.25) is 0 Å². The van der Waals surface area contributed by atoms with Crippen LogP contribution in [-0.2, 0) is 6.18 Å². The number of rotatable bonds is 2. The summed E-state index contributed by atoms with van der Waals surface area (Å²) in [4.78, 5) is 14.7. The van der Waals surface area contributed by atoms with E-state index in [0.29, 0.717) is 11.9 Å². The quantitative estimate of drug-likeness (QED) is 0.921. The zero-order chi connectivity index (χ0) is 15.1. The number of carboxylic acid groups (broad SMARTS) is 1. The van der Waals surface area contributed by atoms with Crippen LogP contribution in [0.5, 0.6) is 0 Å². The van der Waals surface area contributed by atoms with Gasteiger partial charge in [0, 0.05) is 6.20 Å². The van der Waals surface area contributed by atoms with Crippen LogP contribution in [0.15, 0.2) is 18.5 Å². The third-order valence-corrected chi connectivity index (χ3v) is 2.82. The van der Waals surface area contributed by atoms with E-state index in [1.165, 1.54) is 18.5 Å². The van der Waals surface area contributed by atoms with Gasteiger partial charge in [0.15, 0.2) is 5.82 Å². The molecule has 0 unspecified atom stereocenters. The van der Waals surface area contributed by atoms with Gasteiger partial charge in [-0.2, -0.15) is 18.3 Å². The molecule has 0 radical (unpaired) electrons. The maximum absolute atomic E-state index is 12.6. The topological polar surface area (TPSA) is 68.0 Å². The number of aromatic nitrogens is 3. The maximum atomic E-state index is 12.6. The first-order valence-electron chi connectivity index (χ1n) is 5.54. The van der Waals surface area contributed by atoms with Crippen molar-refractivity contribution in [2.75, 3.05) is 0 Å². The minimum Gasteiger partial charge on any atom is -0.478 e. The zero-order valence-corrected chi connectivity index (χ0v) is 10.6. The van der Waals surface area contributed by atoms with Crippen molar-refractivity contribution in [2.24, 2.45) is 0 Å². The van der Waals surface area contributed by atoms with Crippen molar-refractivity contribution in [1.29, 1.82) is 0 Å². The standard InChI is InChI=1S/C12H10F3N3O2/c1-6-3-8(12(13,14)15)4-16-10(6)18-7(2)9(5-17-18)11(19)20/h3-5H,1-2H3,(H,19,20). The van der Waals surface area contributed by atoms with Gasteiger partial charge in [-0.1, -0.05) is 0 Å². The molecular formula is C12H10F3N3O2. The molecule has 0 spiro atoms. The average Bonchev–Trinajstić information content (AvgIpc) is 2.70. The Morgan fingerprint density at radius 3 is 2.40 bits per heavy atom. The van der Waals surface area contributed by atoms with Gasteiger partial charge in [0.2, 0.25) is 0 Å². The van der Waals surface area contributed by atoms with Crippen LogP contribution in [0.2, 0.25) is 0 Å². The minimum atomic E-state index is -4.47. The number of pyridine rings is 1. The number of aromatic carboxylic acids is 1. The summed E-state index contributed by atoms with van der Waals surface area (Å²) in [5, 5.41) is 12.8. The number of carbonyl (C=O) groups is 1. The fourth-order valence-corrected chi connectivity index (χ4v) is 1.78. The van der Waals surface area contributed by atoms with Crippen LogP contribution in [0.3, 0.4) is 0 Å². The summed E-state index contributed by atoms with van der Waals surface area (Å²) >= 11 is 0. The summed E-state index contributed by atoms with van der Waals surface area (Å²) in [6.45, 7) is 2.97. The average molecular weight is 285 g/mol. The number of hydrogen-bond donors (Lipinski definition) is 1. The molecule has 0 aromatic carbocycles. The number of halogens is 3. The molecule has 2 aromatic heterocycles. The van der Waals surface area contributed by atoms with Crippen LogP contribution in [0.1, 0.15) is 27.2 Å². The van der Waals surface area contributed by atoms with E-state index >= 15 is 0 Å². The summed E-state index contributed by atoms with van der Waals surface area (Å²) in [6.07, 6.45) is -2.64. The first-order valence-corrected chi connectivity index (χ1v) is 5.54. The normalized spacial score (nSPS) is 11.7. The highest BCUT2D eigenvalue weighted by Gasteiger charge is 2.31. The second-order valence-corrected chi connectivity index (χ2v) is 4.22. The summed E-state index contributed by atoms with van der Waals surface area (Å²) in [7, 11) is 0. The Hall–Kier alpha value is -2.38. The van der Waals surface area contributed by atoms with Crippen molar-refractivity contribution in [2.45, 2.75) is 20.0 Å². The van der Waals surface area contributed by atoms with Crippen molar-refractivity contribution < 1.29 is 23.1 Å². The van der Waals surface area contributed by atoms with Crippen LogP contribution >= 0.6 is 0 Å². The highest BCUT2D eigenvalue weighted by molar-refractivity contribution is 5.88. The lowest BCUT2D eigenvalue weighted by molar-refractivity contribution is -0.137. The highest BCUT2D eigenvalue weighted by Crippen LogP contribution is 2.30. The van der Waals surface area contributed by atoms with E-state index in [4.69, 9.17) is 5.11 Å². The van der Waals surface area contributed by atoms with Crippen LogP contribution in [0.25, 0.3) is 5.82 Å². The van der Waals surface area contributed by atoms with Crippen LogP contribution in [-0.4, -0.2) is 25.8 Å². The Balaban J connectivity index is 2.52. The van der Waals surface area contributed by atoms with Crippen molar-refractivity contribution in [3.05, 3.63) is 40.8 Å². The van der Waals surface area contributed by atoms with Gasteiger partial charge in [0.05, 0.1) is 17.5 Å². The van der Waals surface area contributed by atoms with E-state index in [1.54, 1.807) is 0 Å². The molecule has 0 aliphatic rings. The molecule has 2 aromatic rings. The predicted octanol–water partition coefficient (Wildman–Crippen LogP) is 2.60. The first-order chi connectivity index (χ1) is 9.21. The highest BCUT2D eigenvalue weighted by atomic mass is 19.4. The SMILES string of the molecule is Cc1cc(C(F)(F)F)cnc1-n1ncc(C(=O)O)c1C.